The van der Waals surface area contributed by atoms with Crippen LogP contribution in [-0.4, -0.2) is 50.3 Å². The highest BCUT2D eigenvalue weighted by Crippen LogP contribution is 2.20. The van der Waals surface area contributed by atoms with Crippen LogP contribution in [0.4, 0.5) is 0 Å². The highest BCUT2D eigenvalue weighted by Gasteiger charge is 2.24. The average molecular weight is 464 g/mol. The maximum absolute atomic E-state index is 13.1. The van der Waals surface area contributed by atoms with Crippen LogP contribution in [0.1, 0.15) is 27.0 Å². The number of hydrogen-bond acceptors (Lipinski definition) is 4. The lowest BCUT2D eigenvalue weighted by atomic mass is 10.1. The first-order chi connectivity index (χ1) is 15.9. The summed E-state index contributed by atoms with van der Waals surface area (Å²) < 4.78 is 28.6. The number of amides is 1. The lowest BCUT2D eigenvalue weighted by Crippen LogP contribution is -2.48. The molecule has 6 nitrogen and oxygen atoms in total. The number of rotatable bonds is 7. The quantitative estimate of drug-likeness (QED) is 0.583. The summed E-state index contributed by atoms with van der Waals surface area (Å²) in [5.74, 6) is -0.131. The molecule has 33 heavy (non-hydrogen) atoms. The van der Waals surface area contributed by atoms with Crippen molar-refractivity contribution in [1.82, 2.24) is 14.5 Å². The number of nitrogens with one attached hydrogen (secondary N) is 1. The molecule has 0 atom stereocenters. The monoisotopic (exact) mass is 463 g/mol. The van der Waals surface area contributed by atoms with E-state index in [1.54, 1.807) is 24.0 Å². The third kappa shape index (κ3) is 5.87. The van der Waals surface area contributed by atoms with Gasteiger partial charge in [-0.1, -0.05) is 66.7 Å². The van der Waals surface area contributed by atoms with Gasteiger partial charge in [0, 0.05) is 44.8 Å². The Morgan fingerprint density at radius 3 is 2.09 bits per heavy atom. The fourth-order valence-electron chi connectivity index (χ4n) is 4.01. The molecule has 0 aliphatic carbocycles. The number of piperazine rings is 1. The van der Waals surface area contributed by atoms with Crippen molar-refractivity contribution in [2.75, 3.05) is 26.2 Å². The molecule has 0 radical (unpaired) electrons. The lowest BCUT2D eigenvalue weighted by molar-refractivity contribution is 0.0628. The van der Waals surface area contributed by atoms with Crippen LogP contribution in [0.5, 0.6) is 0 Å². The van der Waals surface area contributed by atoms with Crippen LogP contribution in [0.2, 0.25) is 0 Å². The first kappa shape index (κ1) is 23.2. The number of hydrogen-bond donors (Lipinski definition) is 1. The lowest BCUT2D eigenvalue weighted by Gasteiger charge is -2.35. The summed E-state index contributed by atoms with van der Waals surface area (Å²) in [4.78, 5) is 17.4. The minimum Gasteiger partial charge on any atom is -0.336 e. The smallest absolute Gasteiger partial charge is 0.253 e. The molecule has 1 N–H and O–H groups in total. The minimum absolute atomic E-state index is 0.131. The van der Waals surface area contributed by atoms with Crippen molar-refractivity contribution in [2.24, 2.45) is 0 Å². The van der Waals surface area contributed by atoms with Gasteiger partial charge in [-0.2, -0.15) is 0 Å². The predicted molar refractivity (Wildman–Crippen MR) is 129 cm³/mol. The molecule has 3 aromatic carbocycles. The molecule has 7 heteroatoms. The normalized spacial score (nSPS) is 14.9. The Balaban J connectivity index is 1.41. The zero-order chi connectivity index (χ0) is 23.3. The van der Waals surface area contributed by atoms with Crippen LogP contribution in [-0.2, 0) is 23.1 Å². The Hall–Kier alpha value is -3.00. The molecule has 1 aliphatic heterocycles. The molecule has 172 valence electrons. The molecular formula is C26H29N3O3S. The third-order valence-electron chi connectivity index (χ3n) is 5.94. The summed E-state index contributed by atoms with van der Waals surface area (Å²) in [6, 6.07) is 24.6. The number of carbonyl (C=O) groups is 1. The largest absolute Gasteiger partial charge is 0.336 e. The fourth-order valence-corrected chi connectivity index (χ4v) is 5.29. The van der Waals surface area contributed by atoms with Crippen molar-refractivity contribution in [3.63, 3.8) is 0 Å². The third-order valence-corrected chi connectivity index (χ3v) is 7.49. The van der Waals surface area contributed by atoms with Crippen molar-refractivity contribution >= 4 is 15.9 Å². The molecule has 1 fully saturated rings. The molecule has 0 saturated carbocycles. The Kier molecular flexibility index (Phi) is 7.23. The Bertz CT molecular complexity index is 1190. The second-order valence-corrected chi connectivity index (χ2v) is 10.1. The molecule has 1 saturated heterocycles. The van der Waals surface area contributed by atoms with Gasteiger partial charge < -0.3 is 4.90 Å². The van der Waals surface area contributed by atoms with Crippen LogP contribution in [0.3, 0.4) is 0 Å². The van der Waals surface area contributed by atoms with Gasteiger partial charge in [-0.3, -0.25) is 9.69 Å². The molecule has 0 bridgehead atoms. The zero-order valence-electron chi connectivity index (χ0n) is 18.8. The summed E-state index contributed by atoms with van der Waals surface area (Å²) in [6.07, 6.45) is 0. The van der Waals surface area contributed by atoms with Crippen LogP contribution >= 0.6 is 0 Å². The molecule has 0 spiro atoms. The Morgan fingerprint density at radius 1 is 0.848 bits per heavy atom. The highest BCUT2D eigenvalue weighted by atomic mass is 32.2. The van der Waals surface area contributed by atoms with Gasteiger partial charge >= 0.3 is 0 Å². The van der Waals surface area contributed by atoms with E-state index >= 15 is 0 Å². The number of sulfonamides is 1. The minimum atomic E-state index is -3.75. The first-order valence-corrected chi connectivity index (χ1v) is 12.6. The van der Waals surface area contributed by atoms with Crippen molar-refractivity contribution in [1.29, 1.82) is 0 Å². The summed E-state index contributed by atoms with van der Waals surface area (Å²) in [5.41, 5.74) is 3.14. The Morgan fingerprint density at radius 2 is 1.45 bits per heavy atom. The summed E-state index contributed by atoms with van der Waals surface area (Å²) in [7, 11) is -3.75. The molecule has 0 unspecified atom stereocenters. The standard InChI is InChI=1S/C26H29N3O3S/c1-21-12-13-24(18-25(21)33(31,32)27-19-22-8-4-2-5-9-22)26(30)29-16-14-28(15-17-29)20-23-10-6-3-7-11-23/h2-13,18,27H,14-17,19-20H2,1H3. The molecule has 0 aromatic heterocycles. The van der Waals surface area contributed by atoms with Gasteiger partial charge in [0.2, 0.25) is 10.0 Å². The second kappa shape index (κ2) is 10.3. The van der Waals surface area contributed by atoms with E-state index in [-0.39, 0.29) is 17.3 Å². The number of carbonyl (C=O) groups excluding carboxylic acids is 1. The van der Waals surface area contributed by atoms with Gasteiger partial charge in [0.1, 0.15) is 0 Å². The number of aryl methyl sites for hydroxylation is 1. The van der Waals surface area contributed by atoms with Crippen molar-refractivity contribution in [3.8, 4) is 0 Å². The van der Waals surface area contributed by atoms with E-state index in [0.29, 0.717) is 24.2 Å². The number of benzene rings is 3. The SMILES string of the molecule is Cc1ccc(C(=O)N2CCN(Cc3ccccc3)CC2)cc1S(=O)(=O)NCc1ccccc1. The molecule has 4 rings (SSSR count). The van der Waals surface area contributed by atoms with Crippen LogP contribution < -0.4 is 4.72 Å². The van der Waals surface area contributed by atoms with Crippen LogP contribution in [0.25, 0.3) is 0 Å². The highest BCUT2D eigenvalue weighted by molar-refractivity contribution is 7.89. The van der Waals surface area contributed by atoms with Crippen LogP contribution in [0, 0.1) is 6.92 Å². The summed E-state index contributed by atoms with van der Waals surface area (Å²) in [6.45, 7) is 5.62. The van der Waals surface area contributed by atoms with Crippen LogP contribution in [0.15, 0.2) is 83.8 Å². The zero-order valence-corrected chi connectivity index (χ0v) is 19.6. The van der Waals surface area contributed by atoms with Crippen molar-refractivity contribution < 1.29 is 13.2 Å². The van der Waals surface area contributed by atoms with E-state index in [1.165, 1.54) is 11.6 Å². The van der Waals surface area contributed by atoms with E-state index in [9.17, 15) is 13.2 Å². The number of nitrogens with zero attached hydrogens (tertiary/aromatic N) is 2. The molecule has 1 aliphatic rings. The average Bonchev–Trinajstić information content (AvgIpc) is 2.84. The van der Waals surface area contributed by atoms with E-state index < -0.39 is 10.0 Å². The molecule has 1 amide bonds. The molecule has 1 heterocycles. The topological polar surface area (TPSA) is 69.7 Å². The van der Waals surface area contributed by atoms with E-state index in [2.05, 4.69) is 21.8 Å². The molecule has 3 aromatic rings. The fraction of sp³-hybridized carbons (Fsp3) is 0.269. The molecular weight excluding hydrogens is 434 g/mol. The maximum atomic E-state index is 13.1. The van der Waals surface area contributed by atoms with Crippen molar-refractivity contribution in [2.45, 2.75) is 24.9 Å². The van der Waals surface area contributed by atoms with Crippen molar-refractivity contribution in [3.05, 3.63) is 101 Å². The van der Waals surface area contributed by atoms with Gasteiger partial charge in [-0.15, -0.1) is 0 Å². The van der Waals surface area contributed by atoms with Gasteiger partial charge in [-0.05, 0) is 35.7 Å². The van der Waals surface area contributed by atoms with E-state index in [4.69, 9.17) is 0 Å². The summed E-state index contributed by atoms with van der Waals surface area (Å²) in [5, 5.41) is 0. The van der Waals surface area contributed by atoms with Gasteiger partial charge in [0.15, 0.2) is 0 Å². The maximum Gasteiger partial charge on any atom is 0.253 e. The first-order valence-electron chi connectivity index (χ1n) is 11.1. The Labute approximate surface area is 195 Å². The van der Waals surface area contributed by atoms with Gasteiger partial charge in [0.05, 0.1) is 4.90 Å². The van der Waals surface area contributed by atoms with E-state index in [0.717, 1.165) is 25.2 Å². The van der Waals surface area contributed by atoms with Gasteiger partial charge in [-0.25, -0.2) is 13.1 Å². The van der Waals surface area contributed by atoms with Gasteiger partial charge in [0.25, 0.3) is 5.91 Å². The predicted octanol–water partition coefficient (Wildman–Crippen LogP) is 3.43. The summed E-state index contributed by atoms with van der Waals surface area (Å²) >= 11 is 0. The van der Waals surface area contributed by atoms with E-state index in [1.807, 2.05) is 48.5 Å². The second-order valence-electron chi connectivity index (χ2n) is 8.34.